The van der Waals surface area contributed by atoms with Gasteiger partial charge in [-0.1, -0.05) is 6.07 Å². The predicted molar refractivity (Wildman–Crippen MR) is 67.1 cm³/mol. The molecule has 0 spiro atoms. The third kappa shape index (κ3) is 2.18. The number of methoxy groups -OCH3 is 2. The molecule has 1 saturated heterocycles. The van der Waals surface area contributed by atoms with Crippen LogP contribution in [0.3, 0.4) is 0 Å². The molecule has 0 aliphatic carbocycles. The van der Waals surface area contributed by atoms with Crippen molar-refractivity contribution in [3.8, 4) is 11.5 Å². The number of nitrogens with zero attached hydrogens (tertiary/aromatic N) is 1. The Morgan fingerprint density at radius 3 is 2.50 bits per heavy atom. The first kappa shape index (κ1) is 11.7. The van der Waals surface area contributed by atoms with Gasteiger partial charge in [-0.3, -0.25) is 4.90 Å². The zero-order valence-corrected chi connectivity index (χ0v) is 11.2. The summed E-state index contributed by atoms with van der Waals surface area (Å²) in [6, 6.07) is 4.04. The molecule has 1 fully saturated rings. The lowest BCUT2D eigenvalue weighted by Crippen LogP contribution is -2.36. The summed E-state index contributed by atoms with van der Waals surface area (Å²) in [4.78, 5) is 2.41. The van der Waals surface area contributed by atoms with Crippen LogP contribution in [0.4, 0.5) is 0 Å². The lowest BCUT2D eigenvalue weighted by molar-refractivity contribution is 0.172. The minimum atomic E-state index is 0.765. The fourth-order valence-electron chi connectivity index (χ4n) is 1.83. The van der Waals surface area contributed by atoms with Crippen molar-refractivity contribution in [2.75, 3.05) is 27.3 Å². The highest BCUT2D eigenvalue weighted by Crippen LogP contribution is 2.38. The van der Waals surface area contributed by atoms with Crippen LogP contribution in [-0.4, -0.2) is 32.2 Å². The van der Waals surface area contributed by atoms with Crippen LogP contribution in [0.15, 0.2) is 16.6 Å². The van der Waals surface area contributed by atoms with Crippen LogP contribution in [0.25, 0.3) is 0 Å². The average Bonchev–Trinajstić information content (AvgIpc) is 2.24. The quantitative estimate of drug-likeness (QED) is 0.849. The van der Waals surface area contributed by atoms with Gasteiger partial charge in [0.25, 0.3) is 0 Å². The minimum Gasteiger partial charge on any atom is -0.493 e. The molecular formula is C12H16BrNO2. The van der Waals surface area contributed by atoms with Crippen molar-refractivity contribution in [3.63, 3.8) is 0 Å². The third-order valence-corrected chi connectivity index (χ3v) is 3.78. The molecule has 0 unspecified atom stereocenters. The molecule has 1 aliphatic heterocycles. The number of benzene rings is 1. The second-order valence-corrected chi connectivity index (χ2v) is 4.70. The smallest absolute Gasteiger partial charge is 0.175 e. The predicted octanol–water partition coefficient (Wildman–Crippen LogP) is 2.67. The largest absolute Gasteiger partial charge is 0.493 e. The number of likely N-dealkylation sites (tertiary alicyclic amines) is 1. The second-order valence-electron chi connectivity index (χ2n) is 3.90. The number of hydrogen-bond donors (Lipinski definition) is 0. The first-order chi connectivity index (χ1) is 7.76. The van der Waals surface area contributed by atoms with E-state index in [1.807, 2.05) is 6.07 Å². The average molecular weight is 286 g/mol. The first-order valence-electron chi connectivity index (χ1n) is 5.38. The Balaban J connectivity index is 2.24. The van der Waals surface area contributed by atoms with Crippen molar-refractivity contribution in [1.82, 2.24) is 4.90 Å². The van der Waals surface area contributed by atoms with Gasteiger partial charge in [0.05, 0.1) is 18.7 Å². The Bertz CT molecular complexity index is 378. The number of rotatable bonds is 4. The Morgan fingerprint density at radius 1 is 1.25 bits per heavy atom. The molecule has 1 heterocycles. The molecule has 0 radical (unpaired) electrons. The molecular weight excluding hydrogens is 270 g/mol. The van der Waals surface area contributed by atoms with E-state index in [1.165, 1.54) is 25.1 Å². The Morgan fingerprint density at radius 2 is 2.00 bits per heavy atom. The van der Waals surface area contributed by atoms with E-state index >= 15 is 0 Å². The van der Waals surface area contributed by atoms with Gasteiger partial charge in [-0.05, 0) is 47.1 Å². The van der Waals surface area contributed by atoms with Crippen LogP contribution in [-0.2, 0) is 6.54 Å². The van der Waals surface area contributed by atoms with Gasteiger partial charge < -0.3 is 9.47 Å². The minimum absolute atomic E-state index is 0.765. The zero-order valence-electron chi connectivity index (χ0n) is 9.62. The Hall–Kier alpha value is -0.740. The van der Waals surface area contributed by atoms with Gasteiger partial charge in [0.15, 0.2) is 11.5 Å². The highest BCUT2D eigenvalue weighted by molar-refractivity contribution is 9.10. The fraction of sp³-hybridized carbons (Fsp3) is 0.500. The molecule has 1 aliphatic rings. The van der Waals surface area contributed by atoms with Gasteiger partial charge in [0.2, 0.25) is 0 Å². The van der Waals surface area contributed by atoms with E-state index in [0.29, 0.717) is 0 Å². The van der Waals surface area contributed by atoms with Crippen molar-refractivity contribution in [2.45, 2.75) is 13.0 Å². The van der Waals surface area contributed by atoms with Crippen molar-refractivity contribution in [3.05, 3.63) is 22.2 Å². The Labute approximate surface area is 104 Å². The van der Waals surface area contributed by atoms with Gasteiger partial charge in [0.1, 0.15) is 0 Å². The summed E-state index contributed by atoms with van der Waals surface area (Å²) in [6.07, 6.45) is 1.31. The summed E-state index contributed by atoms with van der Waals surface area (Å²) in [5.74, 6) is 1.54. The van der Waals surface area contributed by atoms with Gasteiger partial charge >= 0.3 is 0 Å². The van der Waals surface area contributed by atoms with Crippen LogP contribution in [0.5, 0.6) is 11.5 Å². The Kier molecular flexibility index (Phi) is 3.71. The van der Waals surface area contributed by atoms with E-state index in [0.717, 1.165) is 22.5 Å². The number of ether oxygens (including phenoxy) is 2. The molecule has 88 valence electrons. The van der Waals surface area contributed by atoms with E-state index in [1.54, 1.807) is 14.2 Å². The monoisotopic (exact) mass is 285 g/mol. The summed E-state index contributed by atoms with van der Waals surface area (Å²) in [6.45, 7) is 3.36. The molecule has 0 bridgehead atoms. The first-order valence-corrected chi connectivity index (χ1v) is 6.17. The topological polar surface area (TPSA) is 21.7 Å². The van der Waals surface area contributed by atoms with Crippen molar-refractivity contribution >= 4 is 15.9 Å². The molecule has 0 amide bonds. The molecule has 16 heavy (non-hydrogen) atoms. The van der Waals surface area contributed by atoms with Crippen LogP contribution in [0, 0.1) is 0 Å². The summed E-state index contributed by atoms with van der Waals surface area (Å²) in [7, 11) is 3.31. The van der Waals surface area contributed by atoms with E-state index < -0.39 is 0 Å². The van der Waals surface area contributed by atoms with E-state index in [9.17, 15) is 0 Å². The third-order valence-electron chi connectivity index (χ3n) is 2.91. The molecule has 1 aromatic carbocycles. The van der Waals surface area contributed by atoms with E-state index in [4.69, 9.17) is 9.47 Å². The van der Waals surface area contributed by atoms with Crippen molar-refractivity contribution in [1.29, 1.82) is 0 Å². The lowest BCUT2D eigenvalue weighted by atomic mass is 10.1. The summed E-state index contributed by atoms with van der Waals surface area (Å²) in [5, 5.41) is 0. The van der Waals surface area contributed by atoms with Gasteiger partial charge in [-0.15, -0.1) is 0 Å². The number of halogens is 1. The number of hydrogen-bond acceptors (Lipinski definition) is 3. The summed E-state index contributed by atoms with van der Waals surface area (Å²) < 4.78 is 11.6. The van der Waals surface area contributed by atoms with Crippen LogP contribution in [0.2, 0.25) is 0 Å². The summed E-state index contributed by atoms with van der Waals surface area (Å²) in [5.41, 5.74) is 1.25. The van der Waals surface area contributed by atoms with Gasteiger partial charge in [0, 0.05) is 6.54 Å². The maximum Gasteiger partial charge on any atom is 0.175 e. The molecule has 0 N–H and O–H groups in total. The highest BCUT2D eigenvalue weighted by atomic mass is 79.9. The van der Waals surface area contributed by atoms with Crippen LogP contribution < -0.4 is 9.47 Å². The SMILES string of the molecule is COc1ccc(CN2CCC2)c(Br)c1OC. The second kappa shape index (κ2) is 5.06. The van der Waals surface area contributed by atoms with Crippen molar-refractivity contribution < 1.29 is 9.47 Å². The van der Waals surface area contributed by atoms with Gasteiger partial charge in [-0.2, -0.15) is 0 Å². The molecule has 0 atom stereocenters. The molecule has 3 nitrogen and oxygen atoms in total. The maximum absolute atomic E-state index is 5.35. The molecule has 0 saturated carbocycles. The van der Waals surface area contributed by atoms with Crippen molar-refractivity contribution in [2.24, 2.45) is 0 Å². The van der Waals surface area contributed by atoms with Crippen LogP contribution in [0.1, 0.15) is 12.0 Å². The molecule has 0 aromatic heterocycles. The highest BCUT2D eigenvalue weighted by Gasteiger charge is 2.18. The van der Waals surface area contributed by atoms with E-state index in [-0.39, 0.29) is 0 Å². The fourth-order valence-corrected chi connectivity index (χ4v) is 2.45. The molecule has 4 heteroatoms. The molecule has 1 aromatic rings. The standard InChI is InChI=1S/C12H16BrNO2/c1-15-10-5-4-9(8-14-6-3-7-14)11(13)12(10)16-2/h4-5H,3,6-8H2,1-2H3. The van der Waals surface area contributed by atoms with E-state index in [2.05, 4.69) is 26.9 Å². The van der Waals surface area contributed by atoms with Crippen LogP contribution >= 0.6 is 15.9 Å². The zero-order chi connectivity index (χ0) is 11.5. The normalized spacial score (nSPS) is 15.7. The molecule has 2 rings (SSSR count). The lowest BCUT2D eigenvalue weighted by Gasteiger charge is -2.31. The van der Waals surface area contributed by atoms with Gasteiger partial charge in [-0.25, -0.2) is 0 Å². The maximum atomic E-state index is 5.35. The summed E-state index contributed by atoms with van der Waals surface area (Å²) >= 11 is 3.58.